The third-order valence-electron chi connectivity index (χ3n) is 5.44. The van der Waals surface area contributed by atoms with Crippen LogP contribution in [-0.2, 0) is 19.2 Å². The van der Waals surface area contributed by atoms with E-state index in [0.717, 1.165) is 11.8 Å². The van der Waals surface area contributed by atoms with Crippen molar-refractivity contribution in [3.8, 4) is 6.07 Å². The number of aliphatic carboxylic acids is 1. The normalized spacial score (nSPS) is 25.0. The number of carboxylic acids is 1. The fraction of sp³-hybridized carbons (Fsp3) is 0.444. The Morgan fingerprint density at radius 2 is 2.44 bits per heavy atom. The Kier molecular flexibility index (Phi) is 6.75. The van der Waals surface area contributed by atoms with E-state index in [-0.39, 0.29) is 35.3 Å². The van der Waals surface area contributed by atoms with E-state index in [1.807, 2.05) is 6.07 Å². The van der Waals surface area contributed by atoms with E-state index < -0.39 is 39.9 Å². The molecular weight excluding hydrogens is 488 g/mol. The van der Waals surface area contributed by atoms with Crippen LogP contribution < -0.4 is 5.32 Å². The molecule has 3 unspecified atom stereocenters. The number of nitriles is 1. The largest absolute Gasteiger partial charge is 0.481 e. The van der Waals surface area contributed by atoms with E-state index >= 15 is 0 Å². The summed E-state index contributed by atoms with van der Waals surface area (Å²) in [6.07, 6.45) is 1.27. The Morgan fingerprint density at radius 3 is 3.06 bits per heavy atom. The van der Waals surface area contributed by atoms with Gasteiger partial charge in [0.15, 0.2) is 5.76 Å². The second-order valence-electron chi connectivity index (χ2n) is 7.34. The number of H-pyrrole nitrogens is 1. The molecule has 0 aliphatic carbocycles. The standard InChI is InChI=1S/C18H18N8O6S2/c1-31-23-11(9-3-2-6-32-9)13(27)20-12-14(28)26-7-18(16(29)30,8-33-15(12)26)10(4-5-19)34-17-21-24-25-22-17/h2-3,6,10,12,15H,4,7-8H2,1H3,(H,20,27)(H,29,30)(H,21,22,24,25)/t10?,12?,15-,18?/m1/s1. The minimum Gasteiger partial charge on any atom is -0.481 e. The summed E-state index contributed by atoms with van der Waals surface area (Å²) in [5.41, 5.74) is -1.56. The van der Waals surface area contributed by atoms with Gasteiger partial charge in [0.1, 0.15) is 23.9 Å². The van der Waals surface area contributed by atoms with Gasteiger partial charge in [0.2, 0.25) is 16.8 Å². The van der Waals surface area contributed by atoms with E-state index in [0.29, 0.717) is 0 Å². The summed E-state index contributed by atoms with van der Waals surface area (Å²) in [5, 5.41) is 38.2. The van der Waals surface area contributed by atoms with Gasteiger partial charge in [-0.1, -0.05) is 16.9 Å². The lowest BCUT2D eigenvalue weighted by Gasteiger charge is -2.55. The Morgan fingerprint density at radius 1 is 1.62 bits per heavy atom. The van der Waals surface area contributed by atoms with Crippen LogP contribution in [0.3, 0.4) is 0 Å². The van der Waals surface area contributed by atoms with Crippen LogP contribution in [0.5, 0.6) is 0 Å². The van der Waals surface area contributed by atoms with Crippen molar-refractivity contribution >= 4 is 47.0 Å². The van der Waals surface area contributed by atoms with Crippen LogP contribution in [0.2, 0.25) is 0 Å². The fourth-order valence-corrected chi connectivity index (χ4v) is 6.53. The molecule has 4 atom stereocenters. The van der Waals surface area contributed by atoms with Crippen LogP contribution in [0, 0.1) is 16.7 Å². The number of aromatic amines is 1. The van der Waals surface area contributed by atoms with Crippen molar-refractivity contribution in [2.75, 3.05) is 19.4 Å². The number of hydrogen-bond acceptors (Lipinski definition) is 12. The number of amides is 2. The lowest BCUT2D eigenvalue weighted by Crippen LogP contribution is -2.75. The average Bonchev–Trinajstić information content (AvgIpc) is 3.54. The number of hydrogen-bond donors (Lipinski definition) is 3. The monoisotopic (exact) mass is 506 g/mol. The van der Waals surface area contributed by atoms with Gasteiger partial charge in [-0.3, -0.25) is 14.4 Å². The van der Waals surface area contributed by atoms with Crippen molar-refractivity contribution in [3.05, 3.63) is 24.2 Å². The van der Waals surface area contributed by atoms with Gasteiger partial charge in [-0.05, 0) is 17.3 Å². The van der Waals surface area contributed by atoms with Crippen LogP contribution in [0.4, 0.5) is 0 Å². The van der Waals surface area contributed by atoms with Crippen LogP contribution in [0.1, 0.15) is 12.2 Å². The van der Waals surface area contributed by atoms with Crippen LogP contribution >= 0.6 is 23.5 Å². The number of carbonyl (C=O) groups is 3. The van der Waals surface area contributed by atoms with Crippen molar-refractivity contribution in [3.63, 3.8) is 0 Å². The number of β-lactam (4-membered cyclic amide) rings is 1. The van der Waals surface area contributed by atoms with E-state index in [2.05, 4.69) is 31.1 Å². The van der Waals surface area contributed by atoms with Gasteiger partial charge in [0.25, 0.3) is 5.91 Å². The van der Waals surface area contributed by atoms with Crippen LogP contribution in [0.25, 0.3) is 0 Å². The van der Waals surface area contributed by atoms with E-state index in [9.17, 15) is 24.8 Å². The second-order valence-corrected chi connectivity index (χ2v) is 9.62. The Hall–Kier alpha value is -3.58. The topological polar surface area (TPSA) is 200 Å². The molecule has 16 heteroatoms. The minimum atomic E-state index is -1.43. The molecule has 2 aliphatic rings. The first-order valence-electron chi connectivity index (χ1n) is 9.79. The molecule has 2 aromatic heterocycles. The number of thioether (sulfide) groups is 2. The molecule has 2 saturated heterocycles. The zero-order chi connectivity index (χ0) is 24.3. The van der Waals surface area contributed by atoms with Gasteiger partial charge in [-0.15, -0.1) is 22.0 Å². The average molecular weight is 507 g/mol. The fourth-order valence-electron chi connectivity index (χ4n) is 3.73. The van der Waals surface area contributed by atoms with Gasteiger partial charge < -0.3 is 24.6 Å². The number of fused-ring (bicyclic) bond motifs is 1. The summed E-state index contributed by atoms with van der Waals surface area (Å²) in [4.78, 5) is 44.2. The van der Waals surface area contributed by atoms with E-state index in [1.54, 1.807) is 6.07 Å². The minimum absolute atomic E-state index is 0.0983. The molecule has 2 aliphatic heterocycles. The van der Waals surface area contributed by atoms with Crippen LogP contribution in [0.15, 0.2) is 33.1 Å². The molecule has 0 spiro atoms. The number of rotatable bonds is 9. The van der Waals surface area contributed by atoms with Gasteiger partial charge in [0, 0.05) is 24.0 Å². The number of oxime groups is 1. The number of carbonyl (C=O) groups excluding carboxylic acids is 2. The smallest absolute Gasteiger partial charge is 0.313 e. The molecule has 0 radical (unpaired) electrons. The van der Waals surface area contributed by atoms with Crippen molar-refractivity contribution in [1.82, 2.24) is 30.8 Å². The van der Waals surface area contributed by atoms with Crippen molar-refractivity contribution in [2.45, 2.75) is 28.2 Å². The zero-order valence-corrected chi connectivity index (χ0v) is 19.2. The van der Waals surface area contributed by atoms with Gasteiger partial charge in [-0.2, -0.15) is 10.5 Å². The highest BCUT2D eigenvalue weighted by Crippen LogP contribution is 2.48. The molecule has 2 aromatic rings. The van der Waals surface area contributed by atoms with Crippen molar-refractivity contribution in [2.24, 2.45) is 10.6 Å². The molecule has 2 amide bonds. The van der Waals surface area contributed by atoms with Crippen molar-refractivity contribution in [1.29, 1.82) is 5.26 Å². The lowest BCUT2D eigenvalue weighted by molar-refractivity contribution is -0.158. The first-order valence-corrected chi connectivity index (χ1v) is 11.7. The highest BCUT2D eigenvalue weighted by Gasteiger charge is 2.60. The molecular formula is C18H18N8O6S2. The zero-order valence-electron chi connectivity index (χ0n) is 17.6. The van der Waals surface area contributed by atoms with Gasteiger partial charge >= 0.3 is 5.97 Å². The number of nitrogens with one attached hydrogen (secondary N) is 2. The van der Waals surface area contributed by atoms with E-state index in [4.69, 9.17) is 9.25 Å². The molecule has 3 N–H and O–H groups in total. The summed E-state index contributed by atoms with van der Waals surface area (Å²) in [7, 11) is 1.28. The summed E-state index contributed by atoms with van der Waals surface area (Å²) in [5.74, 6) is -1.96. The Labute approximate surface area is 200 Å². The maximum Gasteiger partial charge on any atom is 0.313 e. The molecule has 178 valence electrons. The van der Waals surface area contributed by atoms with E-state index in [1.165, 1.54) is 36.1 Å². The lowest BCUT2D eigenvalue weighted by atomic mass is 9.82. The first-order chi connectivity index (χ1) is 16.4. The quantitative estimate of drug-likeness (QED) is 0.174. The maximum atomic E-state index is 12.9. The molecule has 34 heavy (non-hydrogen) atoms. The predicted octanol–water partition coefficient (Wildman–Crippen LogP) is -0.311. The predicted molar refractivity (Wildman–Crippen MR) is 116 cm³/mol. The number of aromatic nitrogens is 4. The van der Waals surface area contributed by atoms with Crippen molar-refractivity contribution < 1.29 is 28.7 Å². The third-order valence-corrected chi connectivity index (χ3v) is 8.27. The number of tetrazole rings is 1. The second kappa shape index (κ2) is 9.73. The third kappa shape index (κ3) is 4.19. The van der Waals surface area contributed by atoms with Gasteiger partial charge in [0.05, 0.1) is 12.3 Å². The summed E-state index contributed by atoms with van der Waals surface area (Å²) >= 11 is 2.24. The SMILES string of the molecule is CON=C(C(=O)NC1C(=O)N2CC(C(=O)O)(C(CC#N)Sc3nn[nH]n3)CS[C@H]12)c1ccco1. The molecule has 0 aromatic carbocycles. The molecule has 0 bridgehead atoms. The molecule has 0 saturated carbocycles. The molecule has 2 fully saturated rings. The number of furan rings is 1. The maximum absolute atomic E-state index is 12.9. The molecule has 4 heterocycles. The Balaban J connectivity index is 1.49. The first kappa shape index (κ1) is 23.6. The molecule has 14 nitrogen and oxygen atoms in total. The Bertz CT molecular complexity index is 1130. The number of nitrogens with zero attached hydrogens (tertiary/aromatic N) is 6. The summed E-state index contributed by atoms with van der Waals surface area (Å²) < 4.78 is 5.20. The number of carboxylic acid groups (broad SMARTS) is 1. The summed E-state index contributed by atoms with van der Waals surface area (Å²) in [6, 6.07) is 4.24. The highest BCUT2D eigenvalue weighted by atomic mass is 32.2. The van der Waals surface area contributed by atoms with Crippen LogP contribution in [-0.4, -0.2) is 90.2 Å². The van der Waals surface area contributed by atoms with Gasteiger partial charge in [-0.25, -0.2) is 0 Å². The molecule has 4 rings (SSSR count). The highest BCUT2D eigenvalue weighted by molar-refractivity contribution is 8.01. The summed E-state index contributed by atoms with van der Waals surface area (Å²) in [6.45, 7) is -0.125.